The first-order valence-electron chi connectivity index (χ1n) is 4.64. The Bertz CT molecular complexity index is 357. The Morgan fingerprint density at radius 3 is 2.94 bits per heavy atom. The van der Waals surface area contributed by atoms with Crippen molar-refractivity contribution in [3.63, 3.8) is 0 Å². The summed E-state index contributed by atoms with van der Waals surface area (Å²) in [6.45, 7) is 1.90. The number of esters is 1. The Morgan fingerprint density at radius 1 is 1.69 bits per heavy atom. The molecule has 1 rings (SSSR count). The van der Waals surface area contributed by atoms with E-state index in [2.05, 4.69) is 4.98 Å². The van der Waals surface area contributed by atoms with Gasteiger partial charge >= 0.3 is 5.97 Å². The van der Waals surface area contributed by atoms with Crippen LogP contribution < -0.4 is 0 Å². The summed E-state index contributed by atoms with van der Waals surface area (Å²) in [5.74, 6) is -0.735. The fraction of sp³-hybridized carbons (Fsp3) is 0.556. The SMILES string of the molecule is CCOC(=O)c1ncsc1C(O)C(O)CCl. The molecule has 0 spiro atoms. The number of hydrogen-bond acceptors (Lipinski definition) is 6. The van der Waals surface area contributed by atoms with Crippen molar-refractivity contribution >= 4 is 28.9 Å². The van der Waals surface area contributed by atoms with Crippen LogP contribution in [0.3, 0.4) is 0 Å². The number of alkyl halides is 1. The van der Waals surface area contributed by atoms with Crippen LogP contribution in [0, 0.1) is 0 Å². The van der Waals surface area contributed by atoms with Gasteiger partial charge in [-0.15, -0.1) is 22.9 Å². The zero-order valence-electron chi connectivity index (χ0n) is 8.59. The molecule has 0 aliphatic heterocycles. The number of aromatic nitrogens is 1. The maximum absolute atomic E-state index is 11.4. The van der Waals surface area contributed by atoms with E-state index in [-0.39, 0.29) is 23.1 Å². The van der Waals surface area contributed by atoms with E-state index < -0.39 is 18.2 Å². The molecule has 1 aromatic rings. The van der Waals surface area contributed by atoms with Crippen LogP contribution in [-0.2, 0) is 4.74 Å². The number of rotatable bonds is 5. The minimum Gasteiger partial charge on any atom is -0.461 e. The highest BCUT2D eigenvalue weighted by molar-refractivity contribution is 7.10. The molecule has 0 aliphatic rings. The van der Waals surface area contributed by atoms with Crippen molar-refractivity contribution in [2.45, 2.75) is 19.1 Å². The molecule has 0 radical (unpaired) electrons. The summed E-state index contributed by atoms with van der Waals surface area (Å²) in [6, 6.07) is 0. The fourth-order valence-electron chi connectivity index (χ4n) is 1.08. The zero-order chi connectivity index (χ0) is 12.1. The van der Waals surface area contributed by atoms with Crippen LogP contribution in [0.5, 0.6) is 0 Å². The second-order valence-electron chi connectivity index (χ2n) is 2.95. The van der Waals surface area contributed by atoms with E-state index in [9.17, 15) is 15.0 Å². The van der Waals surface area contributed by atoms with Gasteiger partial charge in [-0.05, 0) is 6.92 Å². The molecule has 0 aromatic carbocycles. The third-order valence-corrected chi connectivity index (χ3v) is 3.07. The third-order valence-electron chi connectivity index (χ3n) is 1.85. The highest BCUT2D eigenvalue weighted by Gasteiger charge is 2.26. The van der Waals surface area contributed by atoms with Gasteiger partial charge in [-0.3, -0.25) is 0 Å². The molecule has 2 atom stereocenters. The Balaban J connectivity index is 2.89. The molecule has 90 valence electrons. The third kappa shape index (κ3) is 2.91. The van der Waals surface area contributed by atoms with Crippen molar-refractivity contribution in [1.82, 2.24) is 4.98 Å². The number of aliphatic hydroxyl groups excluding tert-OH is 2. The van der Waals surface area contributed by atoms with Gasteiger partial charge in [0.2, 0.25) is 0 Å². The quantitative estimate of drug-likeness (QED) is 0.612. The normalized spacial score (nSPS) is 14.5. The molecule has 7 heteroatoms. The number of carbonyl (C=O) groups is 1. The second-order valence-corrected chi connectivity index (χ2v) is 4.15. The van der Waals surface area contributed by atoms with Gasteiger partial charge in [0.1, 0.15) is 6.10 Å². The number of halogens is 1. The van der Waals surface area contributed by atoms with E-state index in [4.69, 9.17) is 16.3 Å². The van der Waals surface area contributed by atoms with E-state index in [1.165, 1.54) is 5.51 Å². The lowest BCUT2D eigenvalue weighted by Gasteiger charge is -2.14. The Labute approximate surface area is 102 Å². The predicted molar refractivity (Wildman–Crippen MR) is 59.8 cm³/mol. The number of aliphatic hydroxyl groups is 2. The maximum atomic E-state index is 11.4. The highest BCUT2D eigenvalue weighted by atomic mass is 35.5. The lowest BCUT2D eigenvalue weighted by atomic mass is 10.1. The maximum Gasteiger partial charge on any atom is 0.358 e. The van der Waals surface area contributed by atoms with Crippen molar-refractivity contribution in [2.24, 2.45) is 0 Å². The molecule has 0 fully saturated rings. The lowest BCUT2D eigenvalue weighted by molar-refractivity contribution is 0.0320. The number of ether oxygens (including phenoxy) is 1. The Morgan fingerprint density at radius 2 is 2.38 bits per heavy atom. The van der Waals surface area contributed by atoms with E-state index in [1.54, 1.807) is 6.92 Å². The van der Waals surface area contributed by atoms with Crippen molar-refractivity contribution in [3.8, 4) is 0 Å². The summed E-state index contributed by atoms with van der Waals surface area (Å²) >= 11 is 6.49. The summed E-state index contributed by atoms with van der Waals surface area (Å²) in [7, 11) is 0. The van der Waals surface area contributed by atoms with Crippen LogP contribution in [-0.4, -0.2) is 39.8 Å². The van der Waals surface area contributed by atoms with Gasteiger partial charge in [0.05, 0.1) is 29.0 Å². The van der Waals surface area contributed by atoms with E-state index in [0.717, 1.165) is 11.3 Å². The largest absolute Gasteiger partial charge is 0.461 e. The van der Waals surface area contributed by atoms with Crippen molar-refractivity contribution < 1.29 is 19.7 Å². The molecular formula is C9H12ClNO4S. The summed E-state index contributed by atoms with van der Waals surface area (Å²) in [6.07, 6.45) is -2.35. The average molecular weight is 266 g/mol. The van der Waals surface area contributed by atoms with Gasteiger partial charge in [0.15, 0.2) is 5.69 Å². The smallest absolute Gasteiger partial charge is 0.358 e. The molecule has 0 saturated heterocycles. The number of hydrogen-bond donors (Lipinski definition) is 2. The van der Waals surface area contributed by atoms with Crippen molar-refractivity contribution in [3.05, 3.63) is 16.1 Å². The second kappa shape index (κ2) is 6.15. The molecule has 0 amide bonds. The molecule has 5 nitrogen and oxygen atoms in total. The van der Waals surface area contributed by atoms with Crippen LogP contribution in [0.25, 0.3) is 0 Å². The molecule has 0 aliphatic carbocycles. The minimum absolute atomic E-state index is 0.0310. The van der Waals surface area contributed by atoms with Crippen molar-refractivity contribution in [2.75, 3.05) is 12.5 Å². The summed E-state index contributed by atoms with van der Waals surface area (Å²) in [5.41, 5.74) is 1.44. The van der Waals surface area contributed by atoms with Gasteiger partial charge in [0, 0.05) is 0 Å². The van der Waals surface area contributed by atoms with Crippen molar-refractivity contribution in [1.29, 1.82) is 0 Å². The topological polar surface area (TPSA) is 79.7 Å². The highest BCUT2D eigenvalue weighted by Crippen LogP contribution is 2.26. The standard InChI is InChI=1S/C9H12ClNO4S/c1-2-15-9(14)6-8(16-4-11-6)7(13)5(12)3-10/h4-5,7,12-13H,2-3H2,1H3. The molecule has 16 heavy (non-hydrogen) atoms. The van der Waals surface area contributed by atoms with Crippen LogP contribution in [0.15, 0.2) is 5.51 Å². The molecule has 2 unspecified atom stereocenters. The van der Waals surface area contributed by atoms with E-state index in [1.807, 2.05) is 0 Å². The predicted octanol–water partition coefficient (Wildman–Crippen LogP) is 0.953. The first kappa shape index (κ1) is 13.4. The first-order valence-corrected chi connectivity index (χ1v) is 6.05. The van der Waals surface area contributed by atoms with Gasteiger partial charge in [0.25, 0.3) is 0 Å². The first-order chi connectivity index (χ1) is 7.61. The van der Waals surface area contributed by atoms with E-state index >= 15 is 0 Å². The van der Waals surface area contributed by atoms with Crippen LogP contribution in [0.4, 0.5) is 0 Å². The van der Waals surface area contributed by atoms with Gasteiger partial charge in [-0.2, -0.15) is 0 Å². The molecule has 0 saturated carbocycles. The zero-order valence-corrected chi connectivity index (χ0v) is 10.2. The summed E-state index contributed by atoms with van der Waals surface area (Å²) in [5, 5.41) is 19.1. The number of thiazole rings is 1. The molecule has 1 heterocycles. The average Bonchev–Trinajstić information content (AvgIpc) is 2.76. The van der Waals surface area contributed by atoms with Gasteiger partial charge < -0.3 is 14.9 Å². The lowest BCUT2D eigenvalue weighted by Crippen LogP contribution is -2.21. The number of carbonyl (C=O) groups excluding carboxylic acids is 1. The Kier molecular flexibility index (Phi) is 5.14. The Hall–Kier alpha value is -0.690. The molecule has 0 bridgehead atoms. The fourth-order valence-corrected chi connectivity index (χ4v) is 2.06. The van der Waals surface area contributed by atoms with Gasteiger partial charge in [-0.1, -0.05) is 0 Å². The number of nitrogens with zero attached hydrogens (tertiary/aromatic N) is 1. The molecule has 1 aromatic heterocycles. The van der Waals surface area contributed by atoms with Crippen LogP contribution in [0.2, 0.25) is 0 Å². The van der Waals surface area contributed by atoms with Crippen LogP contribution >= 0.6 is 22.9 Å². The van der Waals surface area contributed by atoms with Crippen LogP contribution in [0.1, 0.15) is 28.4 Å². The van der Waals surface area contributed by atoms with Gasteiger partial charge in [-0.25, -0.2) is 9.78 Å². The van der Waals surface area contributed by atoms with E-state index in [0.29, 0.717) is 0 Å². The minimum atomic E-state index is -1.22. The monoisotopic (exact) mass is 265 g/mol. The molecule has 2 N–H and O–H groups in total. The summed E-state index contributed by atoms with van der Waals surface area (Å²) in [4.78, 5) is 15.5. The molecular weight excluding hydrogens is 254 g/mol. The summed E-state index contributed by atoms with van der Waals surface area (Å²) < 4.78 is 4.77.